The lowest BCUT2D eigenvalue weighted by Crippen LogP contribution is -2.25. The maximum absolute atomic E-state index is 5.39. The molecule has 0 fully saturated rings. The molecule has 14 rings (SSSR count). The van der Waals surface area contributed by atoms with Crippen LogP contribution in [0.2, 0.25) is 0 Å². The number of benzene rings is 10. The van der Waals surface area contributed by atoms with Crippen molar-refractivity contribution in [2.24, 2.45) is 0 Å². The van der Waals surface area contributed by atoms with E-state index >= 15 is 0 Å². The molecule has 0 saturated heterocycles. The molecule has 1 aliphatic heterocycles. The highest BCUT2D eigenvalue weighted by Gasteiger charge is 2.35. The highest BCUT2D eigenvalue weighted by atomic mass is 15.3. The van der Waals surface area contributed by atoms with Crippen molar-refractivity contribution >= 4 is 77.7 Å². The Kier molecular flexibility index (Phi) is 9.07. The molecule has 1 aliphatic rings. The van der Waals surface area contributed by atoms with Crippen LogP contribution in [0.4, 0.5) is 34.1 Å². The van der Waals surface area contributed by atoms with Crippen LogP contribution in [-0.4, -0.2) is 24.1 Å². The lowest BCUT2D eigenvalue weighted by molar-refractivity contribution is 1.06. The minimum atomic E-state index is 0.568. The van der Waals surface area contributed by atoms with Crippen LogP contribution in [0.3, 0.4) is 0 Å². The van der Waals surface area contributed by atoms with Gasteiger partial charge in [0.05, 0.1) is 61.9 Å². The van der Waals surface area contributed by atoms with E-state index in [0.717, 1.165) is 84.3 Å². The van der Waals surface area contributed by atoms with E-state index in [0.29, 0.717) is 17.5 Å². The van der Waals surface area contributed by atoms with E-state index in [-0.39, 0.29) is 0 Å². The number of rotatable bonds is 7. The first-order valence-corrected chi connectivity index (χ1v) is 23.6. The third kappa shape index (κ3) is 6.19. The maximum atomic E-state index is 5.39. The summed E-state index contributed by atoms with van der Waals surface area (Å²) in [5.41, 5.74) is 15.2. The van der Waals surface area contributed by atoms with E-state index in [1.807, 2.05) is 36.4 Å². The van der Waals surface area contributed by atoms with Gasteiger partial charge in [0.25, 0.3) is 0 Å². The summed E-state index contributed by atoms with van der Waals surface area (Å²) in [6.45, 7) is 0. The summed E-state index contributed by atoms with van der Waals surface area (Å²) in [5.74, 6) is 1.77. The van der Waals surface area contributed by atoms with Crippen molar-refractivity contribution in [1.82, 2.24) is 24.1 Å². The van der Waals surface area contributed by atoms with Crippen molar-refractivity contribution in [1.29, 1.82) is 0 Å². The van der Waals surface area contributed by atoms with Gasteiger partial charge in [-0.3, -0.25) is 0 Å². The van der Waals surface area contributed by atoms with Crippen LogP contribution in [0.5, 0.6) is 0 Å². The first-order chi connectivity index (χ1) is 34.8. The van der Waals surface area contributed by atoms with Gasteiger partial charge in [0, 0.05) is 43.9 Å². The van der Waals surface area contributed by atoms with E-state index in [4.69, 9.17) is 15.0 Å². The smallest absolute Gasteiger partial charge is 0.164 e. The molecule has 4 heterocycles. The summed E-state index contributed by atoms with van der Waals surface area (Å²) in [6, 6.07) is 88.3. The Morgan fingerprint density at radius 2 is 0.543 bits per heavy atom. The summed E-state index contributed by atoms with van der Waals surface area (Å²) >= 11 is 0. The zero-order valence-electron chi connectivity index (χ0n) is 37.8. The van der Waals surface area contributed by atoms with Crippen LogP contribution < -0.4 is 9.80 Å². The average Bonchev–Trinajstić information content (AvgIpc) is 3.96. The number of aromatic nitrogens is 5. The van der Waals surface area contributed by atoms with Crippen molar-refractivity contribution < 1.29 is 0 Å². The zero-order valence-corrected chi connectivity index (χ0v) is 37.8. The molecule has 0 bridgehead atoms. The number of anilines is 6. The van der Waals surface area contributed by atoms with Gasteiger partial charge in [0.2, 0.25) is 0 Å². The average molecular weight is 896 g/mol. The maximum Gasteiger partial charge on any atom is 0.164 e. The zero-order chi connectivity index (χ0) is 46.1. The van der Waals surface area contributed by atoms with Crippen molar-refractivity contribution in [3.63, 3.8) is 0 Å². The quantitative estimate of drug-likeness (QED) is 0.160. The third-order valence-corrected chi connectivity index (χ3v) is 13.6. The van der Waals surface area contributed by atoms with Crippen LogP contribution in [-0.2, 0) is 0 Å². The molecule has 13 aromatic rings. The van der Waals surface area contributed by atoms with Gasteiger partial charge in [-0.15, -0.1) is 0 Å². The molecule has 0 unspecified atom stereocenters. The molecule has 3 aromatic heterocycles. The molecule has 7 nitrogen and oxygen atoms in total. The van der Waals surface area contributed by atoms with E-state index < -0.39 is 0 Å². The number of para-hydroxylation sites is 9. The molecule has 0 saturated carbocycles. The summed E-state index contributed by atoms with van der Waals surface area (Å²) in [7, 11) is 0. The fraction of sp³-hybridized carbons (Fsp3) is 0. The molecule has 7 heteroatoms. The molecule has 0 amide bonds. The second-order valence-electron chi connectivity index (χ2n) is 17.6. The SMILES string of the molecule is c1ccc(-c2nc(-c3ccccc3)nc(-c3cc(-n4c5ccccc5c5ccccc54)c(N4c5ccccc5N(c5ccccc5)c5ccccc54)c(-n4c5ccccc5c5ccccc54)c3)n2)cc1. The number of fused-ring (bicyclic) bond motifs is 8. The third-order valence-electron chi connectivity index (χ3n) is 13.6. The lowest BCUT2D eigenvalue weighted by atomic mass is 10.0. The van der Waals surface area contributed by atoms with Gasteiger partial charge in [-0.05, 0) is 72.8 Å². The van der Waals surface area contributed by atoms with Crippen LogP contribution in [0.1, 0.15) is 0 Å². The molecular weight excluding hydrogens is 855 g/mol. The monoisotopic (exact) mass is 895 g/mol. The minimum Gasteiger partial charge on any atom is -0.307 e. The van der Waals surface area contributed by atoms with Crippen molar-refractivity contribution in [2.75, 3.05) is 9.80 Å². The molecule has 70 heavy (non-hydrogen) atoms. The summed E-state index contributed by atoms with van der Waals surface area (Å²) in [4.78, 5) is 20.8. The number of nitrogens with zero attached hydrogens (tertiary/aromatic N) is 7. The Bertz CT molecular complexity index is 3790. The van der Waals surface area contributed by atoms with Gasteiger partial charge in [-0.2, -0.15) is 0 Å². The summed E-state index contributed by atoms with van der Waals surface area (Å²) < 4.78 is 4.90. The van der Waals surface area contributed by atoms with Crippen LogP contribution in [0.25, 0.3) is 89.2 Å². The van der Waals surface area contributed by atoms with Crippen LogP contribution >= 0.6 is 0 Å². The second-order valence-corrected chi connectivity index (χ2v) is 17.6. The van der Waals surface area contributed by atoms with E-state index in [1.165, 1.54) is 21.5 Å². The molecular formula is C63H41N7. The number of hydrogen-bond acceptors (Lipinski definition) is 5. The Balaban J connectivity index is 1.18. The fourth-order valence-corrected chi connectivity index (χ4v) is 10.6. The van der Waals surface area contributed by atoms with E-state index in [2.05, 4.69) is 231 Å². The van der Waals surface area contributed by atoms with Crippen molar-refractivity contribution in [2.45, 2.75) is 0 Å². The van der Waals surface area contributed by atoms with Gasteiger partial charge >= 0.3 is 0 Å². The molecule has 10 aromatic carbocycles. The molecule has 0 aliphatic carbocycles. The van der Waals surface area contributed by atoms with Gasteiger partial charge in [-0.25, -0.2) is 15.0 Å². The van der Waals surface area contributed by atoms with E-state index in [9.17, 15) is 0 Å². The van der Waals surface area contributed by atoms with Gasteiger partial charge in [0.15, 0.2) is 17.5 Å². The Morgan fingerprint density at radius 1 is 0.243 bits per heavy atom. The molecule has 0 atom stereocenters. The van der Waals surface area contributed by atoms with Crippen LogP contribution in [0, 0.1) is 0 Å². The molecule has 0 N–H and O–H groups in total. The van der Waals surface area contributed by atoms with Crippen molar-refractivity contribution in [3.05, 3.63) is 249 Å². The predicted molar refractivity (Wildman–Crippen MR) is 288 cm³/mol. The van der Waals surface area contributed by atoms with Gasteiger partial charge in [-0.1, -0.05) is 176 Å². The van der Waals surface area contributed by atoms with Gasteiger partial charge < -0.3 is 18.9 Å². The number of hydrogen-bond donors (Lipinski definition) is 0. The summed E-state index contributed by atoms with van der Waals surface area (Å²) in [5, 5.41) is 4.67. The lowest BCUT2D eigenvalue weighted by Gasteiger charge is -2.41. The Morgan fingerprint density at radius 3 is 0.929 bits per heavy atom. The highest BCUT2D eigenvalue weighted by molar-refractivity contribution is 6.14. The first-order valence-electron chi connectivity index (χ1n) is 23.6. The van der Waals surface area contributed by atoms with Crippen LogP contribution in [0.15, 0.2) is 249 Å². The Labute approximate surface area is 404 Å². The Hall–Kier alpha value is -9.59. The normalized spacial score (nSPS) is 12.2. The predicted octanol–water partition coefficient (Wildman–Crippen LogP) is 16.3. The van der Waals surface area contributed by atoms with Crippen molar-refractivity contribution in [3.8, 4) is 45.5 Å². The standard InChI is InChI=1S/C63H41N7/c1-4-22-42(23-5-1)61-64-62(43-24-6-2-7-25-43)66-63(65-61)44-40-58(68-50-32-14-10-28-46(50)47-29-11-15-33-51(47)68)60(59(41-44)69-52-34-16-12-30-48(52)49-31-13-17-35-53(49)69)70-56-38-20-18-36-54(56)67(45-26-8-3-9-27-45)55-37-19-21-39-57(55)70/h1-41H. The summed E-state index contributed by atoms with van der Waals surface area (Å²) in [6.07, 6.45) is 0. The minimum absolute atomic E-state index is 0.568. The molecule has 328 valence electrons. The fourth-order valence-electron chi connectivity index (χ4n) is 10.6. The topological polar surface area (TPSA) is 55.0 Å². The molecule has 0 spiro atoms. The largest absolute Gasteiger partial charge is 0.307 e. The second kappa shape index (κ2) is 16.0. The van der Waals surface area contributed by atoms with Gasteiger partial charge in [0.1, 0.15) is 0 Å². The highest BCUT2D eigenvalue weighted by Crippen LogP contribution is 2.57. The van der Waals surface area contributed by atoms with E-state index in [1.54, 1.807) is 0 Å². The molecule has 0 radical (unpaired) electrons. The first kappa shape index (κ1) is 39.6.